The third-order valence-electron chi connectivity index (χ3n) is 3.69. The summed E-state index contributed by atoms with van der Waals surface area (Å²) in [5.41, 5.74) is 5.55. The number of amides is 1. The molecule has 6 nitrogen and oxygen atoms in total. The van der Waals surface area contributed by atoms with Gasteiger partial charge in [0.15, 0.2) is 0 Å². The van der Waals surface area contributed by atoms with Crippen molar-refractivity contribution in [3.63, 3.8) is 0 Å². The first kappa shape index (κ1) is 19.1. The second-order valence-corrected chi connectivity index (χ2v) is 8.60. The summed E-state index contributed by atoms with van der Waals surface area (Å²) < 4.78 is 25.3. The monoisotopic (exact) mass is 379 g/mol. The molecule has 0 bridgehead atoms. The molecule has 0 spiro atoms. The molecule has 1 heterocycles. The zero-order chi connectivity index (χ0) is 18.6. The molecular formula is C17H21N3O3S2. The number of carbonyl (C=O) groups excluding carboxylic acids is 1. The molecule has 0 aliphatic rings. The normalized spacial score (nSPS) is 12.1. The van der Waals surface area contributed by atoms with E-state index in [4.69, 9.17) is 0 Å². The van der Waals surface area contributed by atoms with Gasteiger partial charge in [-0.05, 0) is 55.5 Å². The molecule has 2 rings (SSSR count). The Morgan fingerprint density at radius 3 is 2.52 bits per heavy atom. The van der Waals surface area contributed by atoms with Crippen molar-refractivity contribution in [2.75, 3.05) is 17.1 Å². The minimum absolute atomic E-state index is 0.331. The molecule has 1 aromatic carbocycles. The molecule has 1 amide bonds. The third-order valence-corrected chi connectivity index (χ3v) is 5.81. The maximum atomic E-state index is 12.2. The summed E-state index contributed by atoms with van der Waals surface area (Å²) in [6.07, 6.45) is 1.08. The van der Waals surface area contributed by atoms with Gasteiger partial charge < -0.3 is 0 Å². The predicted molar refractivity (Wildman–Crippen MR) is 103 cm³/mol. The summed E-state index contributed by atoms with van der Waals surface area (Å²) in [6.45, 7) is 5.29. The van der Waals surface area contributed by atoms with E-state index in [9.17, 15) is 13.2 Å². The Kier molecular flexibility index (Phi) is 5.97. The highest BCUT2D eigenvalue weighted by Crippen LogP contribution is 2.21. The van der Waals surface area contributed by atoms with Crippen molar-refractivity contribution in [3.05, 3.63) is 51.7 Å². The van der Waals surface area contributed by atoms with Crippen LogP contribution in [0.3, 0.4) is 0 Å². The number of anilines is 1. The summed E-state index contributed by atoms with van der Waals surface area (Å²) >= 11 is 1.51. The average molecular weight is 380 g/mol. The molecule has 1 aromatic heterocycles. The van der Waals surface area contributed by atoms with Gasteiger partial charge in [-0.1, -0.05) is 12.1 Å². The number of benzene rings is 1. The molecule has 0 fully saturated rings. The van der Waals surface area contributed by atoms with Gasteiger partial charge in [-0.3, -0.25) is 9.10 Å². The fourth-order valence-electron chi connectivity index (χ4n) is 2.13. The fourth-order valence-corrected chi connectivity index (χ4v) is 3.66. The van der Waals surface area contributed by atoms with Crippen molar-refractivity contribution in [1.82, 2.24) is 5.43 Å². The highest BCUT2D eigenvalue weighted by atomic mass is 32.2. The maximum Gasteiger partial charge on any atom is 0.260 e. The molecule has 0 radical (unpaired) electrons. The molecule has 0 aliphatic carbocycles. The Morgan fingerprint density at radius 1 is 1.24 bits per heavy atom. The molecule has 0 unspecified atom stereocenters. The van der Waals surface area contributed by atoms with Crippen LogP contribution in [-0.4, -0.2) is 32.8 Å². The molecule has 0 saturated heterocycles. The van der Waals surface area contributed by atoms with Crippen LogP contribution in [0.4, 0.5) is 5.69 Å². The third kappa shape index (κ3) is 5.14. The number of hydrazone groups is 1. The van der Waals surface area contributed by atoms with Gasteiger partial charge in [0.2, 0.25) is 10.0 Å². The minimum Gasteiger partial charge on any atom is -0.271 e. The van der Waals surface area contributed by atoms with E-state index in [1.807, 2.05) is 37.4 Å². The molecule has 2 aromatic rings. The second kappa shape index (κ2) is 7.79. The largest absolute Gasteiger partial charge is 0.271 e. The van der Waals surface area contributed by atoms with E-state index >= 15 is 0 Å². The van der Waals surface area contributed by atoms with E-state index in [0.29, 0.717) is 11.4 Å². The summed E-state index contributed by atoms with van der Waals surface area (Å²) in [5.74, 6) is -0.500. The van der Waals surface area contributed by atoms with Crippen LogP contribution in [0.5, 0.6) is 0 Å². The Labute approximate surface area is 152 Å². The summed E-state index contributed by atoms with van der Waals surface area (Å²) in [5, 5.41) is 5.95. The molecule has 25 heavy (non-hydrogen) atoms. The van der Waals surface area contributed by atoms with Crippen LogP contribution in [0.1, 0.15) is 22.9 Å². The van der Waals surface area contributed by atoms with Crippen molar-refractivity contribution < 1.29 is 13.2 Å². The van der Waals surface area contributed by atoms with Gasteiger partial charge in [-0.15, -0.1) is 11.3 Å². The number of nitrogens with zero attached hydrogens (tertiary/aromatic N) is 2. The van der Waals surface area contributed by atoms with Crippen molar-refractivity contribution in [2.24, 2.45) is 5.10 Å². The molecular weight excluding hydrogens is 358 g/mol. The van der Waals surface area contributed by atoms with Crippen molar-refractivity contribution in [2.45, 2.75) is 20.8 Å². The van der Waals surface area contributed by atoms with E-state index < -0.39 is 15.9 Å². The Bertz CT molecular complexity index is 888. The van der Waals surface area contributed by atoms with Gasteiger partial charge >= 0.3 is 0 Å². The topological polar surface area (TPSA) is 78.8 Å². The summed E-state index contributed by atoms with van der Waals surface area (Å²) in [7, 11) is -3.60. The maximum absolute atomic E-state index is 12.2. The highest BCUT2D eigenvalue weighted by molar-refractivity contribution is 7.92. The lowest BCUT2D eigenvalue weighted by molar-refractivity contribution is -0.119. The zero-order valence-corrected chi connectivity index (χ0v) is 16.2. The van der Waals surface area contributed by atoms with Gasteiger partial charge in [-0.2, -0.15) is 5.10 Å². The second-order valence-electron chi connectivity index (χ2n) is 5.75. The quantitative estimate of drug-likeness (QED) is 0.619. The summed E-state index contributed by atoms with van der Waals surface area (Å²) in [6, 6.07) is 9.07. The van der Waals surface area contributed by atoms with E-state index in [0.717, 1.165) is 26.6 Å². The number of sulfonamides is 1. The zero-order valence-electron chi connectivity index (χ0n) is 14.6. The highest BCUT2D eigenvalue weighted by Gasteiger charge is 2.21. The molecule has 8 heteroatoms. The first-order valence-corrected chi connectivity index (χ1v) is 10.3. The molecule has 0 aliphatic heterocycles. The van der Waals surface area contributed by atoms with Gasteiger partial charge in [0.1, 0.15) is 6.54 Å². The lowest BCUT2D eigenvalue weighted by Gasteiger charge is -2.22. The van der Waals surface area contributed by atoms with Crippen LogP contribution >= 0.6 is 11.3 Å². The number of carbonyl (C=O) groups is 1. The van der Waals surface area contributed by atoms with Crippen LogP contribution in [0.15, 0.2) is 40.8 Å². The number of thiophene rings is 1. The van der Waals surface area contributed by atoms with E-state index in [1.54, 1.807) is 19.1 Å². The van der Waals surface area contributed by atoms with Gasteiger partial charge in [0.25, 0.3) is 5.91 Å². The smallest absolute Gasteiger partial charge is 0.260 e. The van der Waals surface area contributed by atoms with E-state index in [-0.39, 0.29) is 6.54 Å². The Morgan fingerprint density at radius 2 is 1.96 bits per heavy atom. The average Bonchev–Trinajstić information content (AvgIpc) is 3.06. The first-order valence-electron chi connectivity index (χ1n) is 7.60. The first-order chi connectivity index (χ1) is 11.7. The number of hydrogen-bond donors (Lipinski definition) is 1. The van der Waals surface area contributed by atoms with Crippen LogP contribution in [-0.2, 0) is 14.8 Å². The Hall–Kier alpha value is -2.19. The number of hydrogen-bond acceptors (Lipinski definition) is 5. The minimum atomic E-state index is -3.60. The SMILES string of the molecule is CC(=NNC(=O)CN(c1ccc(C)c(C)c1)S(C)(=O)=O)c1cccs1. The lowest BCUT2D eigenvalue weighted by atomic mass is 10.1. The van der Waals surface area contributed by atoms with Gasteiger partial charge in [0, 0.05) is 4.88 Å². The van der Waals surface area contributed by atoms with Crippen molar-refractivity contribution in [3.8, 4) is 0 Å². The number of nitrogens with one attached hydrogen (secondary N) is 1. The van der Waals surface area contributed by atoms with Crippen LogP contribution in [0.25, 0.3) is 0 Å². The molecule has 0 atom stereocenters. The number of aryl methyl sites for hydroxylation is 2. The standard InChI is InChI=1S/C17H21N3O3S2/c1-12-7-8-15(10-13(12)2)20(25(4,22)23)11-17(21)19-18-14(3)16-6-5-9-24-16/h5-10H,11H2,1-4H3,(H,19,21). The summed E-state index contributed by atoms with van der Waals surface area (Å²) in [4.78, 5) is 13.1. The van der Waals surface area contributed by atoms with Crippen LogP contribution < -0.4 is 9.73 Å². The molecule has 0 saturated carbocycles. The van der Waals surface area contributed by atoms with E-state index in [2.05, 4.69) is 10.5 Å². The van der Waals surface area contributed by atoms with Crippen molar-refractivity contribution in [1.29, 1.82) is 0 Å². The fraction of sp³-hybridized carbons (Fsp3) is 0.294. The van der Waals surface area contributed by atoms with Gasteiger partial charge in [-0.25, -0.2) is 13.8 Å². The lowest BCUT2D eigenvalue weighted by Crippen LogP contribution is -2.39. The van der Waals surface area contributed by atoms with Crippen molar-refractivity contribution >= 4 is 38.7 Å². The van der Waals surface area contributed by atoms with Gasteiger partial charge in [0.05, 0.1) is 17.7 Å². The Balaban J connectivity index is 2.16. The van der Waals surface area contributed by atoms with Crippen LogP contribution in [0, 0.1) is 13.8 Å². The molecule has 134 valence electrons. The predicted octanol–water partition coefficient (Wildman–Crippen LogP) is 2.67. The number of rotatable bonds is 6. The van der Waals surface area contributed by atoms with E-state index in [1.165, 1.54) is 11.3 Å². The van der Waals surface area contributed by atoms with Crippen LogP contribution in [0.2, 0.25) is 0 Å². The molecule has 1 N–H and O–H groups in total.